The molecule has 0 bridgehead atoms. The zero-order valence-electron chi connectivity index (χ0n) is 6.23. The molecule has 0 N–H and O–H groups in total. The number of rotatable bonds is 3. The summed E-state index contributed by atoms with van der Waals surface area (Å²) in [4.78, 5) is 10.1. The second-order valence-corrected chi connectivity index (χ2v) is 3.07. The van der Waals surface area contributed by atoms with Crippen LogP contribution in [0.25, 0.3) is 0 Å². The second-order valence-electron chi connectivity index (χ2n) is 3.07. The van der Waals surface area contributed by atoms with Crippen LogP contribution < -0.4 is 0 Å². The van der Waals surface area contributed by atoms with E-state index in [0.717, 1.165) is 6.42 Å². The van der Waals surface area contributed by atoms with E-state index in [1.807, 2.05) is 20.8 Å². The Labute approximate surface area is 55.9 Å². The average molecular weight is 129 g/mol. The molecule has 2 heteroatoms. The van der Waals surface area contributed by atoms with Gasteiger partial charge in [0.05, 0.1) is 6.42 Å². The molecule has 0 amide bonds. The Morgan fingerprint density at radius 1 is 1.44 bits per heavy atom. The molecule has 53 valence electrons. The van der Waals surface area contributed by atoms with Crippen LogP contribution in [0.1, 0.15) is 33.6 Å². The van der Waals surface area contributed by atoms with Crippen LogP contribution in [0.3, 0.4) is 0 Å². The van der Waals surface area contributed by atoms with Crippen LogP contribution in [-0.4, -0.2) is 5.97 Å². The van der Waals surface area contributed by atoms with Crippen LogP contribution in [0.15, 0.2) is 0 Å². The number of hydrogen-bond donors (Lipinski definition) is 0. The van der Waals surface area contributed by atoms with Gasteiger partial charge in [-0.2, -0.15) is 0 Å². The summed E-state index contributed by atoms with van der Waals surface area (Å²) in [7, 11) is 0. The monoisotopic (exact) mass is 129 g/mol. The minimum absolute atomic E-state index is 0.0984. The topological polar surface area (TPSA) is 37.0 Å². The molecule has 0 aromatic heterocycles. The highest BCUT2D eigenvalue weighted by molar-refractivity contribution is 5.67. The van der Waals surface area contributed by atoms with Crippen LogP contribution in [-0.2, 0) is 9.90 Å². The van der Waals surface area contributed by atoms with E-state index >= 15 is 0 Å². The lowest BCUT2D eigenvalue weighted by atomic mass is 9.87. The average Bonchev–Trinajstić information content (AvgIpc) is 1.63. The van der Waals surface area contributed by atoms with E-state index in [-0.39, 0.29) is 11.8 Å². The van der Waals surface area contributed by atoms with Crippen LogP contribution in [0.2, 0.25) is 0 Å². The van der Waals surface area contributed by atoms with Crippen LogP contribution >= 0.6 is 0 Å². The third kappa shape index (κ3) is 4.01. The molecule has 1 radical (unpaired) electrons. The van der Waals surface area contributed by atoms with E-state index in [0.29, 0.717) is 0 Å². The predicted octanol–water partition coefficient (Wildman–Crippen LogP) is 1.77. The molecule has 0 aliphatic rings. The summed E-state index contributed by atoms with van der Waals surface area (Å²) < 4.78 is 0. The number of carbonyl (C=O) groups is 1. The van der Waals surface area contributed by atoms with Crippen molar-refractivity contribution in [1.82, 2.24) is 0 Å². The SMILES string of the molecule is CCC(C)(C)CC([O])=O. The maximum Gasteiger partial charge on any atom is 0.356 e. The van der Waals surface area contributed by atoms with Crippen molar-refractivity contribution in [3.63, 3.8) is 0 Å². The molecule has 0 fully saturated rings. The van der Waals surface area contributed by atoms with Crippen LogP contribution in [0.4, 0.5) is 0 Å². The van der Waals surface area contributed by atoms with Crippen molar-refractivity contribution in [2.75, 3.05) is 0 Å². The maximum atomic E-state index is 10.1. The third-order valence-electron chi connectivity index (χ3n) is 1.58. The van der Waals surface area contributed by atoms with Gasteiger partial charge in [-0.3, -0.25) is 0 Å². The molecular weight excluding hydrogens is 116 g/mol. The third-order valence-corrected chi connectivity index (χ3v) is 1.58. The van der Waals surface area contributed by atoms with Gasteiger partial charge in [-0.15, -0.1) is 0 Å². The molecule has 0 rings (SSSR count). The molecule has 0 heterocycles. The summed E-state index contributed by atoms with van der Waals surface area (Å²) in [5.74, 6) is -0.957. The Morgan fingerprint density at radius 2 is 1.89 bits per heavy atom. The smallest absolute Gasteiger partial charge is 0.247 e. The standard InChI is InChI=1S/C7H13O2/c1-4-7(2,3)5-6(8)9/h4-5H2,1-3H3. The maximum absolute atomic E-state index is 10.1. The lowest BCUT2D eigenvalue weighted by molar-refractivity contribution is -0.145. The van der Waals surface area contributed by atoms with E-state index in [9.17, 15) is 9.90 Å². The molecule has 0 aliphatic carbocycles. The van der Waals surface area contributed by atoms with Crippen LogP contribution in [0, 0.1) is 5.41 Å². The first-order chi connectivity index (χ1) is 3.98. The van der Waals surface area contributed by atoms with E-state index in [2.05, 4.69) is 0 Å². The molecule has 0 spiro atoms. The fourth-order valence-electron chi connectivity index (χ4n) is 0.516. The second kappa shape index (κ2) is 2.85. The summed E-state index contributed by atoms with van der Waals surface area (Å²) in [6.07, 6.45) is 1.03. The molecule has 0 aliphatic heterocycles. The Kier molecular flexibility index (Phi) is 2.68. The molecule has 0 unspecified atom stereocenters. The minimum Gasteiger partial charge on any atom is -0.247 e. The number of carbonyl (C=O) groups excluding carboxylic acids is 1. The molecule has 0 aromatic carbocycles. The van der Waals surface area contributed by atoms with E-state index in [1.54, 1.807) is 0 Å². The van der Waals surface area contributed by atoms with Gasteiger partial charge in [-0.1, -0.05) is 27.2 Å². The van der Waals surface area contributed by atoms with Crippen molar-refractivity contribution in [3.8, 4) is 0 Å². The summed E-state index contributed by atoms with van der Waals surface area (Å²) in [5.41, 5.74) is -0.0984. The van der Waals surface area contributed by atoms with Crippen molar-refractivity contribution in [2.24, 2.45) is 5.41 Å². The highest BCUT2D eigenvalue weighted by atomic mass is 16.4. The van der Waals surface area contributed by atoms with Gasteiger partial charge in [0, 0.05) is 0 Å². The highest BCUT2D eigenvalue weighted by Crippen LogP contribution is 2.23. The van der Waals surface area contributed by atoms with Crippen molar-refractivity contribution >= 4 is 5.97 Å². The van der Waals surface area contributed by atoms with Gasteiger partial charge in [0.2, 0.25) is 0 Å². The molecular formula is C7H13O2. The molecule has 0 saturated heterocycles. The van der Waals surface area contributed by atoms with Gasteiger partial charge in [0.1, 0.15) is 0 Å². The van der Waals surface area contributed by atoms with E-state index in [4.69, 9.17) is 0 Å². The molecule has 0 atom stereocenters. The van der Waals surface area contributed by atoms with E-state index in [1.165, 1.54) is 0 Å². The van der Waals surface area contributed by atoms with Gasteiger partial charge in [0.25, 0.3) is 0 Å². The Hall–Kier alpha value is -0.530. The van der Waals surface area contributed by atoms with Gasteiger partial charge in [0.15, 0.2) is 0 Å². The van der Waals surface area contributed by atoms with Crippen molar-refractivity contribution in [2.45, 2.75) is 33.6 Å². The fourth-order valence-corrected chi connectivity index (χ4v) is 0.516. The predicted molar refractivity (Wildman–Crippen MR) is 34.4 cm³/mol. The lowest BCUT2D eigenvalue weighted by Gasteiger charge is -2.18. The van der Waals surface area contributed by atoms with Crippen molar-refractivity contribution in [3.05, 3.63) is 0 Å². The highest BCUT2D eigenvalue weighted by Gasteiger charge is 2.19. The number of hydrogen-bond acceptors (Lipinski definition) is 1. The molecule has 0 aromatic rings. The van der Waals surface area contributed by atoms with Gasteiger partial charge in [-0.25, -0.2) is 9.90 Å². The quantitative estimate of drug-likeness (QED) is 0.572. The largest absolute Gasteiger partial charge is 0.356 e. The van der Waals surface area contributed by atoms with Crippen molar-refractivity contribution < 1.29 is 9.90 Å². The Bertz CT molecular complexity index is 105. The zero-order valence-corrected chi connectivity index (χ0v) is 6.23. The zero-order chi connectivity index (χ0) is 7.49. The minimum atomic E-state index is -0.957. The van der Waals surface area contributed by atoms with Gasteiger partial charge in [-0.05, 0) is 5.41 Å². The fraction of sp³-hybridized carbons (Fsp3) is 0.857. The summed E-state index contributed by atoms with van der Waals surface area (Å²) in [6, 6.07) is 0. The first kappa shape index (κ1) is 8.47. The Balaban J connectivity index is 3.71. The molecule has 2 nitrogen and oxygen atoms in total. The van der Waals surface area contributed by atoms with Crippen molar-refractivity contribution in [1.29, 1.82) is 0 Å². The van der Waals surface area contributed by atoms with Crippen LogP contribution in [0.5, 0.6) is 0 Å². The first-order valence-electron chi connectivity index (χ1n) is 3.18. The summed E-state index contributed by atoms with van der Waals surface area (Å²) >= 11 is 0. The molecule has 0 saturated carbocycles. The lowest BCUT2D eigenvalue weighted by Crippen LogP contribution is -2.14. The van der Waals surface area contributed by atoms with Gasteiger partial charge < -0.3 is 0 Å². The summed E-state index contributed by atoms with van der Waals surface area (Å²) in [6.45, 7) is 5.81. The Morgan fingerprint density at radius 3 is 2.00 bits per heavy atom. The molecule has 9 heavy (non-hydrogen) atoms. The first-order valence-corrected chi connectivity index (χ1v) is 3.18. The summed E-state index contributed by atoms with van der Waals surface area (Å²) in [5, 5.41) is 10.1. The van der Waals surface area contributed by atoms with E-state index < -0.39 is 5.97 Å². The van der Waals surface area contributed by atoms with Gasteiger partial charge >= 0.3 is 5.97 Å². The normalized spacial score (nSPS) is 11.4.